The number of aliphatic hydroxyl groups excluding tert-OH is 1. The minimum Gasteiger partial charge on any atom is -0.480 e. The molecule has 0 fully saturated rings. The zero-order valence-corrected chi connectivity index (χ0v) is 9.64. The van der Waals surface area contributed by atoms with Crippen molar-refractivity contribution in [3.63, 3.8) is 0 Å². The van der Waals surface area contributed by atoms with Gasteiger partial charge in [-0.25, -0.2) is 4.79 Å². The number of halogens is 1. The predicted molar refractivity (Wildman–Crippen MR) is 57.9 cm³/mol. The van der Waals surface area contributed by atoms with Crippen molar-refractivity contribution in [2.24, 2.45) is 0 Å². The molecule has 1 amide bonds. The van der Waals surface area contributed by atoms with Crippen LogP contribution in [0.1, 0.15) is 10.4 Å². The first-order chi connectivity index (χ1) is 7.54. The highest BCUT2D eigenvalue weighted by Gasteiger charge is 2.19. The third-order valence-corrected chi connectivity index (χ3v) is 2.19. The van der Waals surface area contributed by atoms with E-state index in [4.69, 9.17) is 10.2 Å². The molecule has 3 N–H and O–H groups in total. The first kappa shape index (κ1) is 12.6. The number of carboxylic acid groups (broad SMARTS) is 1. The SMILES string of the molecule is O=C(N[C@@H](CO)C(=O)O)c1cncc(Br)c1. The molecule has 0 spiro atoms. The fourth-order valence-corrected chi connectivity index (χ4v) is 1.33. The first-order valence-corrected chi connectivity index (χ1v) is 5.09. The number of rotatable bonds is 4. The molecule has 0 aliphatic heterocycles. The number of aliphatic hydroxyl groups is 1. The molecule has 1 heterocycles. The second-order valence-electron chi connectivity index (χ2n) is 2.94. The largest absolute Gasteiger partial charge is 0.480 e. The number of nitrogens with one attached hydrogen (secondary N) is 1. The molecule has 0 bridgehead atoms. The fraction of sp³-hybridized carbons (Fsp3) is 0.222. The number of nitrogens with zero attached hydrogens (tertiary/aromatic N) is 1. The molecule has 0 unspecified atom stereocenters. The van der Waals surface area contributed by atoms with Gasteiger partial charge in [-0.2, -0.15) is 0 Å². The Morgan fingerprint density at radius 1 is 1.50 bits per heavy atom. The van der Waals surface area contributed by atoms with Crippen LogP contribution in [0.25, 0.3) is 0 Å². The van der Waals surface area contributed by atoms with E-state index in [9.17, 15) is 9.59 Å². The molecule has 0 aliphatic carbocycles. The molecule has 0 radical (unpaired) electrons. The highest BCUT2D eigenvalue weighted by Crippen LogP contribution is 2.09. The molecule has 7 heteroatoms. The van der Waals surface area contributed by atoms with Gasteiger partial charge in [0, 0.05) is 16.9 Å². The average molecular weight is 289 g/mol. The van der Waals surface area contributed by atoms with Crippen LogP contribution in [-0.2, 0) is 4.79 Å². The second kappa shape index (κ2) is 5.57. The lowest BCUT2D eigenvalue weighted by molar-refractivity contribution is -0.140. The molecule has 16 heavy (non-hydrogen) atoms. The number of pyridine rings is 1. The molecule has 1 atom stereocenters. The van der Waals surface area contributed by atoms with E-state index >= 15 is 0 Å². The van der Waals surface area contributed by atoms with E-state index in [0.29, 0.717) is 4.47 Å². The van der Waals surface area contributed by atoms with Crippen LogP contribution < -0.4 is 5.32 Å². The Morgan fingerprint density at radius 2 is 2.19 bits per heavy atom. The standard InChI is InChI=1S/C9H9BrN2O4/c10-6-1-5(2-11-3-6)8(14)12-7(4-13)9(15)16/h1-3,7,13H,4H2,(H,12,14)(H,15,16)/t7-/m0/s1. The van der Waals surface area contributed by atoms with E-state index in [0.717, 1.165) is 0 Å². The highest BCUT2D eigenvalue weighted by atomic mass is 79.9. The quantitative estimate of drug-likeness (QED) is 0.725. The number of carbonyl (C=O) groups is 2. The van der Waals surface area contributed by atoms with Crippen LogP contribution in [0, 0.1) is 0 Å². The van der Waals surface area contributed by atoms with Gasteiger partial charge in [0.15, 0.2) is 6.04 Å². The topological polar surface area (TPSA) is 99.5 Å². The summed E-state index contributed by atoms with van der Waals surface area (Å²) < 4.78 is 0.607. The van der Waals surface area contributed by atoms with E-state index in [1.165, 1.54) is 18.5 Å². The minimum atomic E-state index is -1.31. The Morgan fingerprint density at radius 3 is 2.69 bits per heavy atom. The van der Waals surface area contributed by atoms with Gasteiger partial charge >= 0.3 is 5.97 Å². The Kier molecular flexibility index (Phi) is 4.39. The lowest BCUT2D eigenvalue weighted by Gasteiger charge is -2.11. The molecule has 6 nitrogen and oxygen atoms in total. The molecule has 86 valence electrons. The molecule has 1 aromatic heterocycles. The van der Waals surface area contributed by atoms with Crippen molar-refractivity contribution in [3.05, 3.63) is 28.5 Å². The van der Waals surface area contributed by atoms with Gasteiger partial charge in [0.2, 0.25) is 0 Å². The van der Waals surface area contributed by atoms with E-state index in [1.807, 2.05) is 0 Å². The number of aromatic nitrogens is 1. The van der Waals surface area contributed by atoms with Crippen molar-refractivity contribution >= 4 is 27.8 Å². The molecule has 0 aromatic carbocycles. The maximum absolute atomic E-state index is 11.5. The van der Waals surface area contributed by atoms with Crippen molar-refractivity contribution < 1.29 is 19.8 Å². The van der Waals surface area contributed by atoms with Gasteiger partial charge in [-0.15, -0.1) is 0 Å². The number of hydrogen-bond acceptors (Lipinski definition) is 4. The predicted octanol–water partition coefficient (Wildman–Crippen LogP) is 0.0194. The summed E-state index contributed by atoms with van der Waals surface area (Å²) in [7, 11) is 0. The van der Waals surface area contributed by atoms with Gasteiger partial charge in [0.05, 0.1) is 12.2 Å². The molecule has 0 saturated heterocycles. The zero-order chi connectivity index (χ0) is 12.1. The first-order valence-electron chi connectivity index (χ1n) is 4.29. The van der Waals surface area contributed by atoms with E-state index in [-0.39, 0.29) is 5.56 Å². The Labute approximate surface area is 99.4 Å². The number of amides is 1. The van der Waals surface area contributed by atoms with Crippen LogP contribution in [0.2, 0.25) is 0 Å². The smallest absolute Gasteiger partial charge is 0.328 e. The van der Waals surface area contributed by atoms with Crippen molar-refractivity contribution in [1.82, 2.24) is 10.3 Å². The summed E-state index contributed by atoms with van der Waals surface area (Å²) in [6.07, 6.45) is 2.80. The van der Waals surface area contributed by atoms with Crippen LogP contribution in [0.3, 0.4) is 0 Å². The summed E-state index contributed by atoms with van der Waals surface area (Å²) in [4.78, 5) is 25.9. The van der Waals surface area contributed by atoms with Crippen molar-refractivity contribution in [3.8, 4) is 0 Å². The fourth-order valence-electron chi connectivity index (χ4n) is 0.963. The van der Waals surface area contributed by atoms with Crippen LogP contribution >= 0.6 is 15.9 Å². The van der Waals surface area contributed by atoms with Crippen LogP contribution in [-0.4, -0.2) is 39.7 Å². The van der Waals surface area contributed by atoms with Crippen LogP contribution in [0.15, 0.2) is 22.9 Å². The van der Waals surface area contributed by atoms with Gasteiger partial charge in [-0.1, -0.05) is 0 Å². The number of carbonyl (C=O) groups excluding carboxylic acids is 1. The van der Waals surface area contributed by atoms with Gasteiger partial charge in [-0.3, -0.25) is 9.78 Å². The Bertz CT molecular complexity index is 410. The summed E-state index contributed by atoms with van der Waals surface area (Å²) in [5.74, 6) is -1.89. The maximum atomic E-state index is 11.5. The Balaban J connectivity index is 2.75. The third-order valence-electron chi connectivity index (χ3n) is 1.75. The van der Waals surface area contributed by atoms with Gasteiger partial charge in [-0.05, 0) is 22.0 Å². The monoisotopic (exact) mass is 288 g/mol. The van der Waals surface area contributed by atoms with Crippen molar-refractivity contribution in [1.29, 1.82) is 0 Å². The van der Waals surface area contributed by atoms with Crippen molar-refractivity contribution in [2.75, 3.05) is 6.61 Å². The average Bonchev–Trinajstić information content (AvgIpc) is 2.25. The number of carboxylic acids is 1. The maximum Gasteiger partial charge on any atom is 0.328 e. The minimum absolute atomic E-state index is 0.217. The molecule has 0 saturated carbocycles. The summed E-state index contributed by atoms with van der Waals surface area (Å²) in [5.41, 5.74) is 0.217. The number of hydrogen-bond donors (Lipinski definition) is 3. The van der Waals surface area contributed by atoms with E-state index in [1.54, 1.807) is 0 Å². The Hall–Kier alpha value is -1.47. The molecular weight excluding hydrogens is 280 g/mol. The lowest BCUT2D eigenvalue weighted by atomic mass is 10.2. The third kappa shape index (κ3) is 3.28. The molecule has 0 aliphatic rings. The summed E-state index contributed by atoms with van der Waals surface area (Å²) >= 11 is 3.13. The molecule has 1 aromatic rings. The van der Waals surface area contributed by atoms with Crippen LogP contribution in [0.4, 0.5) is 0 Å². The summed E-state index contributed by atoms with van der Waals surface area (Å²) in [5, 5.41) is 19.5. The zero-order valence-electron chi connectivity index (χ0n) is 8.05. The van der Waals surface area contributed by atoms with E-state index < -0.39 is 24.5 Å². The van der Waals surface area contributed by atoms with Gasteiger partial charge < -0.3 is 15.5 Å². The van der Waals surface area contributed by atoms with E-state index in [2.05, 4.69) is 26.2 Å². The second-order valence-corrected chi connectivity index (χ2v) is 3.85. The lowest BCUT2D eigenvalue weighted by Crippen LogP contribution is -2.43. The molecule has 1 rings (SSSR count). The van der Waals surface area contributed by atoms with Gasteiger partial charge in [0.1, 0.15) is 0 Å². The summed E-state index contributed by atoms with van der Waals surface area (Å²) in [6, 6.07) is 0.185. The highest BCUT2D eigenvalue weighted by molar-refractivity contribution is 9.10. The van der Waals surface area contributed by atoms with Gasteiger partial charge in [0.25, 0.3) is 5.91 Å². The van der Waals surface area contributed by atoms with Crippen molar-refractivity contribution in [2.45, 2.75) is 6.04 Å². The normalized spacial score (nSPS) is 11.9. The molecular formula is C9H9BrN2O4. The number of aliphatic carboxylic acids is 1. The van der Waals surface area contributed by atoms with Crippen LogP contribution in [0.5, 0.6) is 0 Å². The summed E-state index contributed by atoms with van der Waals surface area (Å²) in [6.45, 7) is -0.664.